The van der Waals surface area contributed by atoms with Gasteiger partial charge in [0.2, 0.25) is 0 Å². The van der Waals surface area contributed by atoms with E-state index in [1.807, 2.05) is 6.07 Å². The van der Waals surface area contributed by atoms with E-state index in [1.165, 1.54) is 25.9 Å². The molecule has 0 atom stereocenters. The van der Waals surface area contributed by atoms with Crippen LogP contribution in [-0.2, 0) is 27.5 Å². The lowest BCUT2D eigenvalue weighted by Gasteiger charge is -2.34. The number of hydrogen-bond donors (Lipinski definition) is 5. The van der Waals surface area contributed by atoms with Gasteiger partial charge in [0.25, 0.3) is 5.91 Å². The van der Waals surface area contributed by atoms with Gasteiger partial charge in [-0.15, -0.1) is 0 Å². The predicted molar refractivity (Wildman–Crippen MR) is 201 cm³/mol. The summed E-state index contributed by atoms with van der Waals surface area (Å²) < 4.78 is 2.40. The monoisotopic (exact) mass is 746 g/mol. The lowest BCUT2D eigenvalue weighted by molar-refractivity contribution is -0.170. The van der Waals surface area contributed by atoms with Gasteiger partial charge in [-0.3, -0.25) is 24.2 Å². The number of carboxylic acids is 3. The van der Waals surface area contributed by atoms with Gasteiger partial charge in [0.05, 0.1) is 37.0 Å². The third-order valence-corrected chi connectivity index (χ3v) is 9.90. The molecule has 0 radical (unpaired) electrons. The highest BCUT2D eigenvalue weighted by molar-refractivity contribution is 5.97. The van der Waals surface area contributed by atoms with E-state index >= 15 is 0 Å². The fraction of sp³-hybridized carbons (Fsp3) is 0.711. The van der Waals surface area contributed by atoms with Gasteiger partial charge in [0, 0.05) is 57.9 Å². The lowest BCUT2D eigenvalue weighted by atomic mass is 9.96. The number of fused-ring (bicyclic) bond motifs is 1. The zero-order valence-electron chi connectivity index (χ0n) is 32.1. The Labute approximate surface area is 313 Å². The average Bonchev–Trinajstić information content (AvgIpc) is 3.72. The first-order valence-corrected chi connectivity index (χ1v) is 19.1. The van der Waals surface area contributed by atoms with Crippen LogP contribution >= 0.6 is 0 Å². The number of piperazine rings is 1. The van der Waals surface area contributed by atoms with Crippen molar-refractivity contribution in [3.05, 3.63) is 29.6 Å². The highest BCUT2D eigenvalue weighted by Crippen LogP contribution is 2.23. The molecule has 298 valence electrons. The van der Waals surface area contributed by atoms with E-state index in [-0.39, 0.29) is 12.5 Å². The Morgan fingerprint density at radius 1 is 0.792 bits per heavy atom. The summed E-state index contributed by atoms with van der Waals surface area (Å²) in [6, 6.07) is 6.16. The molecule has 1 amide bonds. The van der Waals surface area contributed by atoms with Crippen LogP contribution in [0.1, 0.15) is 88.8 Å². The SMILES string of the molecule is CC(C)CCN(CCC(C)C)C(=O)c1ccc2nc(CN3CCN(CCO)CC3)n(CCCN3CCCC3)c2c1.O=C(O)CC(O)(CC(=O)O)C(=O)O. The van der Waals surface area contributed by atoms with Crippen molar-refractivity contribution < 1.29 is 44.7 Å². The van der Waals surface area contributed by atoms with Crippen LogP contribution in [0, 0.1) is 11.8 Å². The number of imidazole rings is 1. The van der Waals surface area contributed by atoms with Crippen LogP contribution in [0.4, 0.5) is 0 Å². The number of aliphatic hydroxyl groups is 2. The Balaban J connectivity index is 0.000000496. The molecule has 53 heavy (non-hydrogen) atoms. The number of carbonyl (C=O) groups excluding carboxylic acids is 1. The Kier molecular flexibility index (Phi) is 17.6. The van der Waals surface area contributed by atoms with Crippen molar-refractivity contribution in [1.82, 2.24) is 29.2 Å². The number of carboxylic acid groups (broad SMARTS) is 3. The van der Waals surface area contributed by atoms with Crippen LogP contribution in [0.3, 0.4) is 0 Å². The van der Waals surface area contributed by atoms with E-state index in [1.54, 1.807) is 0 Å². The lowest BCUT2D eigenvalue weighted by Crippen LogP contribution is -2.46. The number of amides is 1. The largest absolute Gasteiger partial charge is 0.481 e. The summed E-state index contributed by atoms with van der Waals surface area (Å²) >= 11 is 0. The van der Waals surface area contributed by atoms with Crippen LogP contribution in [0.15, 0.2) is 18.2 Å². The summed E-state index contributed by atoms with van der Waals surface area (Å²) in [4.78, 5) is 58.8. The van der Waals surface area contributed by atoms with E-state index in [0.717, 1.165) is 107 Å². The van der Waals surface area contributed by atoms with Crippen LogP contribution in [0.2, 0.25) is 0 Å². The molecule has 1 aromatic carbocycles. The van der Waals surface area contributed by atoms with E-state index < -0.39 is 36.4 Å². The van der Waals surface area contributed by atoms with Crippen LogP contribution in [0.5, 0.6) is 0 Å². The maximum Gasteiger partial charge on any atom is 0.336 e. The molecule has 3 heterocycles. The van der Waals surface area contributed by atoms with Gasteiger partial charge in [0.1, 0.15) is 5.82 Å². The number of benzene rings is 1. The molecule has 2 aromatic rings. The number of β-amino-alcohol motifs (C(OH)–C–C–N with tert-alkyl or cyclic N) is 1. The smallest absolute Gasteiger partial charge is 0.336 e. The maximum absolute atomic E-state index is 13.8. The van der Waals surface area contributed by atoms with Crippen LogP contribution in [0.25, 0.3) is 11.0 Å². The molecule has 15 heteroatoms. The van der Waals surface area contributed by atoms with E-state index in [0.29, 0.717) is 11.8 Å². The van der Waals surface area contributed by atoms with Crippen molar-refractivity contribution in [1.29, 1.82) is 0 Å². The molecule has 0 unspecified atom stereocenters. The number of rotatable bonds is 20. The Morgan fingerprint density at radius 3 is 1.85 bits per heavy atom. The van der Waals surface area contributed by atoms with Gasteiger partial charge in [0.15, 0.2) is 5.60 Å². The fourth-order valence-corrected chi connectivity index (χ4v) is 6.69. The fourth-order valence-electron chi connectivity index (χ4n) is 6.69. The average molecular weight is 747 g/mol. The Morgan fingerprint density at radius 2 is 1.34 bits per heavy atom. The molecule has 4 rings (SSSR count). The summed E-state index contributed by atoms with van der Waals surface area (Å²) in [5, 5.41) is 43.1. The van der Waals surface area contributed by atoms with Gasteiger partial charge in [-0.1, -0.05) is 27.7 Å². The minimum atomic E-state index is -2.74. The first kappa shape index (κ1) is 43.8. The molecule has 2 fully saturated rings. The topological polar surface area (TPSA) is 200 Å². The molecule has 5 N–H and O–H groups in total. The third kappa shape index (κ3) is 14.3. The molecule has 0 spiro atoms. The zero-order chi connectivity index (χ0) is 39.1. The number of nitrogens with zero attached hydrogens (tertiary/aromatic N) is 6. The van der Waals surface area contributed by atoms with Crippen LogP contribution < -0.4 is 0 Å². The van der Waals surface area contributed by atoms with Crippen LogP contribution in [-0.4, -0.2) is 156 Å². The summed E-state index contributed by atoms with van der Waals surface area (Å²) in [7, 11) is 0. The summed E-state index contributed by atoms with van der Waals surface area (Å²) in [6.07, 6.45) is 3.49. The molecular formula is C38H62N6O9. The standard InChI is InChI=1S/C32H54N6O2.C6H8O7/c1-26(2)10-16-37(17-11-27(3)4)32(40)28-8-9-29-30(24-28)38(15-7-14-34-12-5-6-13-34)31(33-29)25-36-20-18-35(19-21-36)22-23-39;7-3(8)1-6(13,5(11)12)2-4(9)10/h8-9,24,26-27,39H,5-7,10-23,25H2,1-4H3;13H,1-2H2,(H,7,8)(H,9,10)(H,11,12). The maximum atomic E-state index is 13.8. The van der Waals surface area contributed by atoms with Gasteiger partial charge in [-0.05, 0) is 81.8 Å². The molecule has 0 saturated carbocycles. The number of aromatic nitrogens is 2. The van der Waals surface area contributed by atoms with Gasteiger partial charge in [-0.25, -0.2) is 9.78 Å². The second-order valence-electron chi connectivity index (χ2n) is 15.3. The Hall–Kier alpha value is -3.63. The minimum Gasteiger partial charge on any atom is -0.481 e. The van der Waals surface area contributed by atoms with Gasteiger partial charge in [-0.2, -0.15) is 0 Å². The highest BCUT2D eigenvalue weighted by atomic mass is 16.4. The molecule has 0 bridgehead atoms. The second kappa shape index (κ2) is 21.3. The molecular weight excluding hydrogens is 684 g/mol. The summed E-state index contributed by atoms with van der Waals surface area (Å²) in [5.41, 5.74) is 0.124. The minimum absolute atomic E-state index is 0.148. The Bertz CT molecular complexity index is 1450. The van der Waals surface area contributed by atoms with Gasteiger partial charge >= 0.3 is 17.9 Å². The quantitative estimate of drug-likeness (QED) is 0.133. The molecule has 2 aliphatic heterocycles. The first-order chi connectivity index (χ1) is 25.1. The number of aliphatic hydroxyl groups excluding tert-OH is 1. The highest BCUT2D eigenvalue weighted by Gasteiger charge is 2.40. The van der Waals surface area contributed by atoms with Crippen molar-refractivity contribution in [2.24, 2.45) is 11.8 Å². The first-order valence-electron chi connectivity index (χ1n) is 19.1. The zero-order valence-corrected chi connectivity index (χ0v) is 32.1. The third-order valence-electron chi connectivity index (χ3n) is 9.90. The number of carbonyl (C=O) groups is 4. The van der Waals surface area contributed by atoms with Crippen molar-refractivity contribution in [2.45, 2.75) is 91.3 Å². The second-order valence-corrected chi connectivity index (χ2v) is 15.3. The van der Waals surface area contributed by atoms with E-state index in [2.05, 4.69) is 64.0 Å². The number of hydrogen-bond acceptors (Lipinski definition) is 10. The van der Waals surface area contributed by atoms with Crippen molar-refractivity contribution in [2.75, 3.05) is 72.1 Å². The van der Waals surface area contributed by atoms with Crippen molar-refractivity contribution in [3.8, 4) is 0 Å². The van der Waals surface area contributed by atoms with E-state index in [4.69, 9.17) is 25.4 Å². The number of likely N-dealkylation sites (tertiary alicyclic amines) is 1. The normalized spacial score (nSPS) is 15.9. The van der Waals surface area contributed by atoms with Gasteiger partial charge < -0.3 is 39.9 Å². The molecule has 15 nitrogen and oxygen atoms in total. The molecule has 1 aromatic heterocycles. The number of aryl methyl sites for hydroxylation is 1. The van der Waals surface area contributed by atoms with E-state index in [9.17, 15) is 24.3 Å². The summed E-state index contributed by atoms with van der Waals surface area (Å²) in [6.45, 7) is 20.8. The molecule has 2 saturated heterocycles. The number of aliphatic carboxylic acids is 3. The van der Waals surface area contributed by atoms with Crippen molar-refractivity contribution in [3.63, 3.8) is 0 Å². The summed E-state index contributed by atoms with van der Waals surface area (Å²) in [5.74, 6) is -2.62. The predicted octanol–water partition coefficient (Wildman–Crippen LogP) is 2.92. The molecule has 0 aliphatic carbocycles. The molecule has 2 aliphatic rings. The van der Waals surface area contributed by atoms with Crippen molar-refractivity contribution >= 4 is 34.8 Å².